The van der Waals surface area contributed by atoms with E-state index in [1.807, 2.05) is 0 Å². The van der Waals surface area contributed by atoms with E-state index in [0.29, 0.717) is 6.42 Å². The zero-order valence-electron chi connectivity index (χ0n) is 14.7. The summed E-state index contributed by atoms with van der Waals surface area (Å²) < 4.78 is 75.1. The number of ether oxygens (including phenoxy) is 1. The van der Waals surface area contributed by atoms with Crippen molar-refractivity contribution in [3.05, 3.63) is 11.8 Å². The van der Waals surface area contributed by atoms with E-state index in [2.05, 4.69) is 38.0 Å². The molecule has 2 atom stereocenters. The summed E-state index contributed by atoms with van der Waals surface area (Å²) in [7, 11) is -6.37. The molecule has 1 rings (SSSR count). The molecule has 0 aromatic heterocycles. The van der Waals surface area contributed by atoms with Crippen molar-refractivity contribution in [2.45, 2.75) is 69.5 Å². The summed E-state index contributed by atoms with van der Waals surface area (Å²) in [4.78, 5) is 0. The van der Waals surface area contributed by atoms with Gasteiger partial charge in [0.25, 0.3) is 0 Å². The quantitative estimate of drug-likeness (QED) is 0.404. The van der Waals surface area contributed by atoms with E-state index in [1.54, 1.807) is 0 Å². The zero-order chi connectivity index (χ0) is 19.0. The summed E-state index contributed by atoms with van der Waals surface area (Å²) in [6, 6.07) is 0. The molecule has 24 heavy (non-hydrogen) atoms. The Hall–Kier alpha value is -0.583. The Morgan fingerprint density at radius 2 is 1.75 bits per heavy atom. The summed E-state index contributed by atoms with van der Waals surface area (Å²) in [6.07, 6.45) is 0.603. The van der Waals surface area contributed by atoms with Crippen molar-refractivity contribution in [2.24, 2.45) is 0 Å². The van der Waals surface area contributed by atoms with E-state index in [1.165, 1.54) is 13.2 Å². The van der Waals surface area contributed by atoms with Crippen molar-refractivity contribution in [3.63, 3.8) is 0 Å². The number of allylic oxidation sites excluding steroid dienone is 1. The van der Waals surface area contributed by atoms with E-state index in [4.69, 9.17) is 9.16 Å². The van der Waals surface area contributed by atoms with Gasteiger partial charge in [-0.3, -0.25) is 0 Å². The van der Waals surface area contributed by atoms with Crippen molar-refractivity contribution in [1.82, 2.24) is 0 Å². The first kappa shape index (κ1) is 21.5. The molecule has 10 heteroatoms. The van der Waals surface area contributed by atoms with E-state index >= 15 is 0 Å². The largest absolute Gasteiger partial charge is 0.534 e. The lowest BCUT2D eigenvalue weighted by Gasteiger charge is -2.41. The molecule has 1 aliphatic carbocycles. The summed E-state index contributed by atoms with van der Waals surface area (Å²) >= 11 is 0. The van der Waals surface area contributed by atoms with Crippen LogP contribution in [-0.2, 0) is 23.5 Å². The third kappa shape index (κ3) is 4.96. The van der Waals surface area contributed by atoms with Gasteiger partial charge in [0.2, 0.25) is 0 Å². The Kier molecular flexibility index (Phi) is 6.23. The highest BCUT2D eigenvalue weighted by atomic mass is 32.2. The molecule has 0 spiro atoms. The van der Waals surface area contributed by atoms with Gasteiger partial charge in [0.15, 0.2) is 8.32 Å². The first-order valence-corrected chi connectivity index (χ1v) is 11.8. The van der Waals surface area contributed by atoms with Gasteiger partial charge in [-0.2, -0.15) is 21.6 Å². The molecule has 0 unspecified atom stereocenters. The van der Waals surface area contributed by atoms with Gasteiger partial charge in [-0.25, -0.2) is 0 Å². The lowest BCUT2D eigenvalue weighted by Crippen LogP contribution is -2.48. The smallest absolute Gasteiger partial charge is 0.411 e. The number of methoxy groups -OCH3 is 1. The normalized spacial score (nSPS) is 23.8. The highest BCUT2D eigenvalue weighted by molar-refractivity contribution is 7.87. The van der Waals surface area contributed by atoms with Gasteiger partial charge in [-0.05, 0) is 30.6 Å². The van der Waals surface area contributed by atoms with Crippen LogP contribution in [0, 0.1) is 0 Å². The predicted octanol–water partition coefficient (Wildman–Crippen LogP) is 3.94. The number of hydrogen-bond donors (Lipinski definition) is 0. The molecule has 1 aliphatic rings. The monoisotopic (exact) mass is 390 g/mol. The average molecular weight is 390 g/mol. The molecule has 0 saturated carbocycles. The molecule has 0 amide bonds. The Labute approximate surface area is 142 Å². The first-order chi connectivity index (χ1) is 10.6. The molecule has 0 N–H and O–H groups in total. The summed E-state index contributed by atoms with van der Waals surface area (Å²) in [6.45, 7) is 10.3. The molecule has 0 radical (unpaired) electrons. The molecular formula is C14H25F3O5SSi. The highest BCUT2D eigenvalue weighted by Crippen LogP contribution is 2.39. The van der Waals surface area contributed by atoms with Gasteiger partial charge < -0.3 is 13.3 Å². The van der Waals surface area contributed by atoms with Crippen molar-refractivity contribution in [3.8, 4) is 0 Å². The Balaban J connectivity index is 2.92. The third-order valence-electron chi connectivity index (χ3n) is 4.42. The maximum absolute atomic E-state index is 12.4. The minimum absolute atomic E-state index is 0.0362. The molecule has 0 aromatic rings. The average Bonchev–Trinajstić information content (AvgIpc) is 2.37. The van der Waals surface area contributed by atoms with E-state index in [-0.39, 0.29) is 23.3 Å². The first-order valence-electron chi connectivity index (χ1n) is 7.53. The Morgan fingerprint density at radius 3 is 2.17 bits per heavy atom. The molecule has 0 aliphatic heterocycles. The highest BCUT2D eigenvalue weighted by Gasteiger charge is 2.49. The van der Waals surface area contributed by atoms with Crippen LogP contribution in [0.1, 0.15) is 33.6 Å². The lowest BCUT2D eigenvalue weighted by molar-refractivity contribution is -0.0530. The van der Waals surface area contributed by atoms with Gasteiger partial charge in [-0.1, -0.05) is 20.8 Å². The van der Waals surface area contributed by atoms with Crippen LogP contribution < -0.4 is 0 Å². The van der Waals surface area contributed by atoms with Crippen molar-refractivity contribution < 1.29 is 34.9 Å². The van der Waals surface area contributed by atoms with Crippen LogP contribution in [0.25, 0.3) is 0 Å². The van der Waals surface area contributed by atoms with Crippen molar-refractivity contribution in [1.29, 1.82) is 0 Å². The molecule has 0 heterocycles. The molecule has 0 fully saturated rings. The lowest BCUT2D eigenvalue weighted by atomic mass is 10.0. The summed E-state index contributed by atoms with van der Waals surface area (Å²) in [5.41, 5.74) is -5.45. The molecule has 0 aromatic carbocycles. The predicted molar refractivity (Wildman–Crippen MR) is 86.2 cm³/mol. The SMILES string of the molecule is CO[C@H]1C=C(OS(=O)(=O)C(F)(F)F)CC[C@@H]1O[Si](C)(C)C(C)(C)C. The molecular weight excluding hydrogens is 365 g/mol. The fourth-order valence-electron chi connectivity index (χ4n) is 1.98. The molecule has 5 nitrogen and oxygen atoms in total. The molecule has 0 saturated heterocycles. The van der Waals surface area contributed by atoms with Gasteiger partial charge in [0.1, 0.15) is 11.9 Å². The van der Waals surface area contributed by atoms with Crippen molar-refractivity contribution >= 4 is 18.4 Å². The van der Waals surface area contributed by atoms with Crippen LogP contribution in [0.2, 0.25) is 18.1 Å². The maximum Gasteiger partial charge on any atom is 0.534 e. The van der Waals surface area contributed by atoms with E-state index < -0.39 is 30.0 Å². The maximum atomic E-state index is 12.4. The van der Waals surface area contributed by atoms with Crippen LogP contribution in [0.4, 0.5) is 13.2 Å². The molecule has 142 valence electrons. The second-order valence-corrected chi connectivity index (χ2v) is 13.6. The number of halogens is 3. The fraction of sp³-hybridized carbons (Fsp3) is 0.857. The van der Waals surface area contributed by atoms with Gasteiger partial charge in [-0.15, -0.1) is 0 Å². The fourth-order valence-corrected chi connectivity index (χ4v) is 3.86. The third-order valence-corrected chi connectivity index (χ3v) is 9.92. The summed E-state index contributed by atoms with van der Waals surface area (Å²) in [5, 5.41) is -0.0363. The minimum Gasteiger partial charge on any atom is -0.411 e. The van der Waals surface area contributed by atoms with Gasteiger partial charge >= 0.3 is 15.6 Å². The minimum atomic E-state index is -5.66. The van der Waals surface area contributed by atoms with Crippen LogP contribution in [-0.4, -0.2) is 41.6 Å². The van der Waals surface area contributed by atoms with Crippen LogP contribution in [0.5, 0.6) is 0 Å². The van der Waals surface area contributed by atoms with Crippen LogP contribution in [0.15, 0.2) is 11.8 Å². The molecule has 0 bridgehead atoms. The Bertz CT molecular complexity index is 578. The second kappa shape index (κ2) is 6.97. The van der Waals surface area contributed by atoms with Crippen LogP contribution in [0.3, 0.4) is 0 Å². The standard InChI is InChI=1S/C14H25F3O5SSi/c1-13(2,3)24(5,6)22-11-8-7-10(9-12(11)20-4)21-23(18,19)14(15,16)17/h9,11-12H,7-8H2,1-6H3/t11-,12-/m0/s1. The zero-order valence-corrected chi connectivity index (χ0v) is 16.5. The topological polar surface area (TPSA) is 61.8 Å². The number of alkyl halides is 3. The van der Waals surface area contributed by atoms with E-state index in [0.717, 1.165) is 0 Å². The number of hydrogen-bond acceptors (Lipinski definition) is 5. The van der Waals surface area contributed by atoms with Crippen LogP contribution >= 0.6 is 0 Å². The van der Waals surface area contributed by atoms with Gasteiger partial charge in [0, 0.05) is 13.5 Å². The van der Waals surface area contributed by atoms with Gasteiger partial charge in [0.05, 0.1) is 6.10 Å². The number of rotatable bonds is 5. The second-order valence-electron chi connectivity index (χ2n) is 7.27. The van der Waals surface area contributed by atoms with E-state index in [9.17, 15) is 21.6 Å². The van der Waals surface area contributed by atoms with Crippen molar-refractivity contribution in [2.75, 3.05) is 7.11 Å². The summed E-state index contributed by atoms with van der Waals surface area (Å²) in [5.74, 6) is -0.269. The Morgan fingerprint density at radius 1 is 1.21 bits per heavy atom.